The van der Waals surface area contributed by atoms with E-state index in [0.29, 0.717) is 11.7 Å². The van der Waals surface area contributed by atoms with Crippen molar-refractivity contribution < 1.29 is 13.9 Å². The van der Waals surface area contributed by atoms with Crippen molar-refractivity contribution in [3.8, 4) is 5.75 Å². The Labute approximate surface area is 125 Å². The predicted octanol–water partition coefficient (Wildman–Crippen LogP) is 3.81. The van der Waals surface area contributed by atoms with E-state index >= 15 is 0 Å². The summed E-state index contributed by atoms with van der Waals surface area (Å²) in [7, 11) is 1.64. The molecule has 112 valence electrons. The Hall–Kier alpha value is -2.23. The van der Waals surface area contributed by atoms with Crippen molar-refractivity contribution >= 4 is 5.91 Å². The van der Waals surface area contributed by atoms with Crippen LogP contribution in [0.2, 0.25) is 0 Å². The van der Waals surface area contributed by atoms with Gasteiger partial charge in [-0.2, -0.15) is 0 Å². The second kappa shape index (κ2) is 6.97. The molecule has 0 aliphatic rings. The number of hydrogen-bond donors (Lipinski definition) is 1. The highest BCUT2D eigenvalue weighted by atomic mass is 16.5. The first-order chi connectivity index (χ1) is 10.1. The molecule has 1 N–H and O–H groups in total. The molecule has 0 saturated heterocycles. The fourth-order valence-electron chi connectivity index (χ4n) is 2.22. The van der Waals surface area contributed by atoms with Crippen LogP contribution in [0.5, 0.6) is 5.75 Å². The van der Waals surface area contributed by atoms with Crippen molar-refractivity contribution in [1.29, 1.82) is 0 Å². The molecule has 0 unspecified atom stereocenters. The van der Waals surface area contributed by atoms with Gasteiger partial charge in [0.25, 0.3) is 5.91 Å². The zero-order chi connectivity index (χ0) is 15.2. The summed E-state index contributed by atoms with van der Waals surface area (Å²) in [5, 5.41) is 3.03. The Bertz CT molecular complexity index is 558. The Kier molecular flexibility index (Phi) is 5.04. The molecule has 2 aromatic rings. The molecular weight excluding hydrogens is 266 g/mol. The van der Waals surface area contributed by atoms with Crippen molar-refractivity contribution in [3.05, 3.63) is 54.0 Å². The van der Waals surface area contributed by atoms with E-state index in [1.54, 1.807) is 19.2 Å². The Balaban J connectivity index is 2.15. The van der Waals surface area contributed by atoms with E-state index < -0.39 is 0 Å². The van der Waals surface area contributed by atoms with E-state index in [1.807, 2.05) is 24.3 Å². The van der Waals surface area contributed by atoms with Crippen LogP contribution < -0.4 is 10.1 Å². The maximum absolute atomic E-state index is 12.2. The van der Waals surface area contributed by atoms with Crippen LogP contribution in [-0.2, 0) is 0 Å². The number of carbonyl (C=O) groups excluding carboxylic acids is 1. The lowest BCUT2D eigenvalue weighted by Gasteiger charge is -2.21. The highest BCUT2D eigenvalue weighted by molar-refractivity contribution is 5.91. The largest absolute Gasteiger partial charge is 0.497 e. The van der Waals surface area contributed by atoms with Gasteiger partial charge in [-0.15, -0.1) is 0 Å². The Morgan fingerprint density at radius 3 is 2.48 bits per heavy atom. The molecule has 4 heteroatoms. The molecule has 0 aliphatic carbocycles. The van der Waals surface area contributed by atoms with Gasteiger partial charge in [-0.3, -0.25) is 4.79 Å². The first kappa shape index (κ1) is 15.2. The van der Waals surface area contributed by atoms with E-state index in [1.165, 1.54) is 6.26 Å². The molecule has 0 aliphatic heterocycles. The first-order valence-corrected chi connectivity index (χ1v) is 7.08. The molecule has 0 spiro atoms. The van der Waals surface area contributed by atoms with Gasteiger partial charge in [-0.25, -0.2) is 0 Å². The third kappa shape index (κ3) is 4.12. The average Bonchev–Trinajstić information content (AvgIpc) is 3.00. The quantitative estimate of drug-likeness (QED) is 0.879. The third-order valence-electron chi connectivity index (χ3n) is 3.28. The molecule has 1 aromatic carbocycles. The van der Waals surface area contributed by atoms with E-state index in [2.05, 4.69) is 19.2 Å². The van der Waals surface area contributed by atoms with Gasteiger partial charge in [-0.1, -0.05) is 26.0 Å². The molecule has 4 nitrogen and oxygen atoms in total. The number of hydrogen-bond acceptors (Lipinski definition) is 3. The lowest BCUT2D eigenvalue weighted by molar-refractivity contribution is 0.0904. The van der Waals surface area contributed by atoms with Gasteiger partial charge in [0.2, 0.25) is 0 Å². The lowest BCUT2D eigenvalue weighted by atomic mass is 9.97. The van der Waals surface area contributed by atoms with Gasteiger partial charge in [0, 0.05) is 0 Å². The summed E-state index contributed by atoms with van der Waals surface area (Å²) in [6.07, 6.45) is 2.36. The van der Waals surface area contributed by atoms with Crippen LogP contribution in [0, 0.1) is 5.92 Å². The number of furan rings is 1. The SMILES string of the molecule is COc1ccc([C@H](CC(C)C)NC(=O)c2ccco2)cc1. The molecule has 1 heterocycles. The molecule has 0 fully saturated rings. The summed E-state index contributed by atoms with van der Waals surface area (Å²) in [6, 6.07) is 11.1. The zero-order valence-corrected chi connectivity index (χ0v) is 12.6. The van der Waals surface area contributed by atoms with Gasteiger partial charge in [0.15, 0.2) is 5.76 Å². The standard InChI is InChI=1S/C17H21NO3/c1-12(2)11-15(13-6-8-14(20-3)9-7-13)18-17(19)16-5-4-10-21-16/h4-10,12,15H,11H2,1-3H3,(H,18,19)/t15-/m0/s1. The topological polar surface area (TPSA) is 51.5 Å². The van der Waals surface area contributed by atoms with Gasteiger partial charge < -0.3 is 14.5 Å². The summed E-state index contributed by atoms with van der Waals surface area (Å²) in [6.45, 7) is 4.27. The van der Waals surface area contributed by atoms with Crippen LogP contribution in [0.1, 0.15) is 42.4 Å². The van der Waals surface area contributed by atoms with Crippen molar-refractivity contribution in [2.45, 2.75) is 26.3 Å². The first-order valence-electron chi connectivity index (χ1n) is 7.08. The summed E-state index contributed by atoms with van der Waals surface area (Å²) < 4.78 is 10.3. The fraction of sp³-hybridized carbons (Fsp3) is 0.353. The van der Waals surface area contributed by atoms with Gasteiger partial charge in [-0.05, 0) is 42.2 Å². The normalized spacial score (nSPS) is 12.2. The number of amides is 1. The number of nitrogens with one attached hydrogen (secondary N) is 1. The second-order valence-corrected chi connectivity index (χ2v) is 5.41. The predicted molar refractivity (Wildman–Crippen MR) is 81.4 cm³/mol. The van der Waals surface area contributed by atoms with Gasteiger partial charge in [0.05, 0.1) is 19.4 Å². The number of rotatable bonds is 6. The number of ether oxygens (including phenoxy) is 1. The van der Waals surface area contributed by atoms with Crippen LogP contribution in [0.25, 0.3) is 0 Å². The van der Waals surface area contributed by atoms with Crippen LogP contribution in [0.4, 0.5) is 0 Å². The maximum Gasteiger partial charge on any atom is 0.287 e. The van der Waals surface area contributed by atoms with Crippen LogP contribution in [0.3, 0.4) is 0 Å². The Morgan fingerprint density at radius 2 is 1.95 bits per heavy atom. The highest BCUT2D eigenvalue weighted by Crippen LogP contribution is 2.24. The molecule has 0 bridgehead atoms. The monoisotopic (exact) mass is 287 g/mol. The van der Waals surface area contributed by atoms with Crippen molar-refractivity contribution in [2.75, 3.05) is 7.11 Å². The van der Waals surface area contributed by atoms with Crippen molar-refractivity contribution in [2.24, 2.45) is 5.92 Å². The van der Waals surface area contributed by atoms with Crippen LogP contribution in [-0.4, -0.2) is 13.0 Å². The smallest absolute Gasteiger partial charge is 0.287 e. The van der Waals surface area contributed by atoms with E-state index in [-0.39, 0.29) is 11.9 Å². The van der Waals surface area contributed by atoms with Crippen LogP contribution >= 0.6 is 0 Å². The van der Waals surface area contributed by atoms with E-state index in [9.17, 15) is 4.79 Å². The van der Waals surface area contributed by atoms with Gasteiger partial charge in [0.1, 0.15) is 5.75 Å². The average molecular weight is 287 g/mol. The number of carbonyl (C=O) groups is 1. The van der Waals surface area contributed by atoms with Gasteiger partial charge >= 0.3 is 0 Å². The lowest BCUT2D eigenvalue weighted by Crippen LogP contribution is -2.29. The minimum absolute atomic E-state index is 0.0477. The number of benzene rings is 1. The van der Waals surface area contributed by atoms with Crippen molar-refractivity contribution in [1.82, 2.24) is 5.32 Å². The van der Waals surface area contributed by atoms with E-state index in [4.69, 9.17) is 9.15 Å². The van der Waals surface area contributed by atoms with Crippen molar-refractivity contribution in [3.63, 3.8) is 0 Å². The fourth-order valence-corrected chi connectivity index (χ4v) is 2.22. The molecule has 1 atom stereocenters. The second-order valence-electron chi connectivity index (χ2n) is 5.41. The van der Waals surface area contributed by atoms with Crippen LogP contribution in [0.15, 0.2) is 47.1 Å². The maximum atomic E-state index is 12.2. The molecule has 0 saturated carbocycles. The molecule has 21 heavy (non-hydrogen) atoms. The molecule has 0 radical (unpaired) electrons. The summed E-state index contributed by atoms with van der Waals surface area (Å²) in [5.41, 5.74) is 1.06. The number of methoxy groups -OCH3 is 1. The Morgan fingerprint density at radius 1 is 1.24 bits per heavy atom. The minimum Gasteiger partial charge on any atom is -0.497 e. The zero-order valence-electron chi connectivity index (χ0n) is 12.6. The highest BCUT2D eigenvalue weighted by Gasteiger charge is 2.18. The molecule has 1 amide bonds. The molecule has 2 rings (SSSR count). The summed E-state index contributed by atoms with van der Waals surface area (Å²) in [4.78, 5) is 12.2. The summed E-state index contributed by atoms with van der Waals surface area (Å²) in [5.74, 6) is 1.41. The molecule has 1 aromatic heterocycles. The third-order valence-corrected chi connectivity index (χ3v) is 3.28. The summed E-state index contributed by atoms with van der Waals surface area (Å²) >= 11 is 0. The van der Waals surface area contributed by atoms with E-state index in [0.717, 1.165) is 17.7 Å². The molecular formula is C17H21NO3. The minimum atomic E-state index is -0.193.